The summed E-state index contributed by atoms with van der Waals surface area (Å²) < 4.78 is 5.25. The van der Waals surface area contributed by atoms with E-state index >= 15 is 0 Å². The summed E-state index contributed by atoms with van der Waals surface area (Å²) in [6, 6.07) is -0.324. The van der Waals surface area contributed by atoms with Gasteiger partial charge in [0.25, 0.3) is 5.91 Å². The normalized spacial score (nSPS) is 28.5. The SMILES string of the molecule is CC1(C)NC(C(=O)NN)CO1. The number of ether oxygens (including phenoxy) is 1. The maximum absolute atomic E-state index is 10.9. The summed E-state index contributed by atoms with van der Waals surface area (Å²) in [4.78, 5) is 10.9. The molecule has 0 aromatic rings. The first-order valence-corrected chi connectivity index (χ1v) is 3.47. The quantitative estimate of drug-likeness (QED) is 0.252. The Hall–Kier alpha value is -0.650. The number of amides is 1. The van der Waals surface area contributed by atoms with Crippen molar-refractivity contribution in [3.8, 4) is 0 Å². The smallest absolute Gasteiger partial charge is 0.253 e. The van der Waals surface area contributed by atoms with Crippen LogP contribution in [0.4, 0.5) is 0 Å². The Morgan fingerprint density at radius 2 is 2.45 bits per heavy atom. The van der Waals surface area contributed by atoms with Crippen molar-refractivity contribution in [2.45, 2.75) is 25.6 Å². The number of nitrogens with two attached hydrogens (primary N) is 1. The minimum absolute atomic E-state index is 0.240. The highest BCUT2D eigenvalue weighted by atomic mass is 16.5. The molecule has 1 aliphatic heterocycles. The van der Waals surface area contributed by atoms with Crippen molar-refractivity contribution < 1.29 is 9.53 Å². The van der Waals surface area contributed by atoms with E-state index < -0.39 is 5.72 Å². The lowest BCUT2D eigenvalue weighted by atomic mass is 10.3. The molecule has 0 saturated carbocycles. The first kappa shape index (κ1) is 8.45. The van der Waals surface area contributed by atoms with Gasteiger partial charge in [-0.3, -0.25) is 15.5 Å². The molecule has 0 radical (unpaired) electrons. The van der Waals surface area contributed by atoms with E-state index in [2.05, 4.69) is 10.7 Å². The molecule has 1 amide bonds. The van der Waals surface area contributed by atoms with E-state index in [4.69, 9.17) is 10.6 Å². The second-order valence-corrected chi connectivity index (χ2v) is 3.03. The maximum atomic E-state index is 10.9. The fourth-order valence-corrected chi connectivity index (χ4v) is 1.04. The van der Waals surface area contributed by atoms with Crippen molar-refractivity contribution in [3.63, 3.8) is 0 Å². The summed E-state index contributed by atoms with van der Waals surface area (Å²) in [5.41, 5.74) is 1.64. The molecule has 5 heteroatoms. The number of hydrogen-bond donors (Lipinski definition) is 3. The second-order valence-electron chi connectivity index (χ2n) is 3.03. The molecule has 0 aromatic carbocycles. The average Bonchev–Trinajstić information content (AvgIpc) is 2.29. The van der Waals surface area contributed by atoms with Crippen LogP contribution in [0, 0.1) is 0 Å². The zero-order valence-electron chi connectivity index (χ0n) is 6.68. The molecular formula is C6H13N3O2. The minimum atomic E-state index is -0.419. The fraction of sp³-hybridized carbons (Fsp3) is 0.833. The van der Waals surface area contributed by atoms with Crippen LogP contribution in [0.1, 0.15) is 13.8 Å². The van der Waals surface area contributed by atoms with Gasteiger partial charge in [0.1, 0.15) is 11.8 Å². The van der Waals surface area contributed by atoms with Gasteiger partial charge in [0, 0.05) is 0 Å². The number of rotatable bonds is 1. The molecule has 0 aliphatic carbocycles. The van der Waals surface area contributed by atoms with E-state index in [1.807, 2.05) is 13.8 Å². The summed E-state index contributed by atoms with van der Waals surface area (Å²) in [6.07, 6.45) is 0. The van der Waals surface area contributed by atoms with Crippen molar-refractivity contribution in [2.75, 3.05) is 6.61 Å². The molecule has 0 aromatic heterocycles. The average molecular weight is 159 g/mol. The van der Waals surface area contributed by atoms with Crippen molar-refractivity contribution in [1.82, 2.24) is 10.7 Å². The molecule has 11 heavy (non-hydrogen) atoms. The van der Waals surface area contributed by atoms with Gasteiger partial charge >= 0.3 is 0 Å². The highest BCUT2D eigenvalue weighted by molar-refractivity contribution is 5.81. The van der Waals surface area contributed by atoms with Gasteiger partial charge in [-0.25, -0.2) is 5.84 Å². The van der Waals surface area contributed by atoms with Gasteiger partial charge in [-0.05, 0) is 13.8 Å². The van der Waals surface area contributed by atoms with Gasteiger partial charge in [-0.15, -0.1) is 0 Å². The van der Waals surface area contributed by atoms with E-state index in [1.165, 1.54) is 0 Å². The molecular weight excluding hydrogens is 146 g/mol. The molecule has 1 rings (SSSR count). The van der Waals surface area contributed by atoms with Crippen LogP contribution >= 0.6 is 0 Å². The van der Waals surface area contributed by atoms with Crippen LogP contribution in [0.15, 0.2) is 0 Å². The zero-order valence-corrected chi connectivity index (χ0v) is 6.68. The van der Waals surface area contributed by atoms with Gasteiger partial charge in [-0.2, -0.15) is 0 Å². The fourth-order valence-electron chi connectivity index (χ4n) is 1.04. The summed E-state index contributed by atoms with van der Waals surface area (Å²) >= 11 is 0. The molecule has 1 aliphatic rings. The molecule has 64 valence electrons. The Balaban J connectivity index is 2.48. The third-order valence-electron chi connectivity index (χ3n) is 1.59. The summed E-state index contributed by atoms with van der Waals surface area (Å²) in [5.74, 6) is 4.71. The molecule has 5 nitrogen and oxygen atoms in total. The van der Waals surface area contributed by atoms with Crippen LogP contribution in [-0.2, 0) is 9.53 Å². The molecule has 1 fully saturated rings. The number of carbonyl (C=O) groups excluding carboxylic acids is 1. The van der Waals surface area contributed by atoms with Crippen molar-refractivity contribution in [3.05, 3.63) is 0 Å². The monoisotopic (exact) mass is 159 g/mol. The molecule has 1 heterocycles. The first-order valence-electron chi connectivity index (χ1n) is 3.47. The first-order chi connectivity index (χ1) is 5.05. The Morgan fingerprint density at radius 1 is 1.82 bits per heavy atom. The lowest BCUT2D eigenvalue weighted by molar-refractivity contribution is -0.122. The number of nitrogens with one attached hydrogen (secondary N) is 2. The predicted molar refractivity (Wildman–Crippen MR) is 39.3 cm³/mol. The van der Waals surface area contributed by atoms with Gasteiger partial charge < -0.3 is 4.74 Å². The number of hydrazine groups is 1. The van der Waals surface area contributed by atoms with Crippen LogP contribution in [0.2, 0.25) is 0 Å². The molecule has 1 unspecified atom stereocenters. The van der Waals surface area contributed by atoms with Gasteiger partial charge in [0.05, 0.1) is 6.61 Å². The van der Waals surface area contributed by atoms with Crippen LogP contribution in [-0.4, -0.2) is 24.3 Å². The molecule has 4 N–H and O–H groups in total. The van der Waals surface area contributed by atoms with Crippen molar-refractivity contribution in [1.29, 1.82) is 0 Å². The summed E-state index contributed by atoms with van der Waals surface area (Å²) in [6.45, 7) is 4.09. The van der Waals surface area contributed by atoms with E-state index in [9.17, 15) is 4.79 Å². The summed E-state index contributed by atoms with van der Waals surface area (Å²) in [5, 5.41) is 2.97. The van der Waals surface area contributed by atoms with Crippen molar-refractivity contribution in [2.24, 2.45) is 5.84 Å². The molecule has 1 saturated heterocycles. The van der Waals surface area contributed by atoms with Crippen LogP contribution in [0.25, 0.3) is 0 Å². The second kappa shape index (κ2) is 2.77. The standard InChI is InChI=1S/C6H13N3O2/c1-6(2)8-4(3-11-6)5(10)9-7/h4,8H,3,7H2,1-2H3,(H,9,10). The van der Waals surface area contributed by atoms with Gasteiger partial charge in [0.2, 0.25) is 0 Å². The lowest BCUT2D eigenvalue weighted by Crippen LogP contribution is -2.49. The third-order valence-corrected chi connectivity index (χ3v) is 1.59. The number of carbonyl (C=O) groups is 1. The van der Waals surface area contributed by atoms with E-state index in [1.54, 1.807) is 0 Å². The number of hydrogen-bond acceptors (Lipinski definition) is 4. The van der Waals surface area contributed by atoms with E-state index in [0.29, 0.717) is 6.61 Å². The van der Waals surface area contributed by atoms with Gasteiger partial charge in [-0.1, -0.05) is 0 Å². The van der Waals surface area contributed by atoms with Crippen LogP contribution in [0.5, 0.6) is 0 Å². The Labute approximate surface area is 65.2 Å². The van der Waals surface area contributed by atoms with Crippen LogP contribution < -0.4 is 16.6 Å². The molecule has 1 atom stereocenters. The Morgan fingerprint density at radius 3 is 2.82 bits per heavy atom. The Kier molecular flexibility index (Phi) is 2.12. The largest absolute Gasteiger partial charge is 0.359 e. The highest BCUT2D eigenvalue weighted by Gasteiger charge is 2.34. The highest BCUT2D eigenvalue weighted by Crippen LogP contribution is 2.13. The van der Waals surface area contributed by atoms with Gasteiger partial charge in [0.15, 0.2) is 0 Å². The zero-order chi connectivity index (χ0) is 8.48. The maximum Gasteiger partial charge on any atom is 0.253 e. The molecule has 0 bridgehead atoms. The lowest BCUT2D eigenvalue weighted by Gasteiger charge is -2.17. The Bertz CT molecular complexity index is 169. The minimum Gasteiger partial charge on any atom is -0.359 e. The van der Waals surface area contributed by atoms with Crippen LogP contribution in [0.3, 0.4) is 0 Å². The van der Waals surface area contributed by atoms with Crippen molar-refractivity contribution >= 4 is 5.91 Å². The topological polar surface area (TPSA) is 76.4 Å². The third kappa shape index (κ3) is 1.89. The van der Waals surface area contributed by atoms with E-state index in [0.717, 1.165) is 0 Å². The predicted octanol–water partition coefficient (Wildman–Crippen LogP) is -1.30. The summed E-state index contributed by atoms with van der Waals surface area (Å²) in [7, 11) is 0. The van der Waals surface area contributed by atoms with E-state index in [-0.39, 0.29) is 11.9 Å². The molecule has 0 spiro atoms.